The van der Waals surface area contributed by atoms with Gasteiger partial charge < -0.3 is 10.3 Å². The van der Waals surface area contributed by atoms with E-state index in [4.69, 9.17) is 10.3 Å². The van der Waals surface area contributed by atoms with Crippen LogP contribution in [0.25, 0.3) is 11.4 Å². The molecule has 94 valence electrons. The smallest absolute Gasteiger partial charge is 0.230 e. The number of hydrogen-bond acceptors (Lipinski definition) is 4. The maximum Gasteiger partial charge on any atom is 0.230 e. The molecule has 4 nitrogen and oxygen atoms in total. The van der Waals surface area contributed by atoms with E-state index in [0.29, 0.717) is 11.7 Å². The fourth-order valence-corrected chi connectivity index (χ4v) is 2.57. The summed E-state index contributed by atoms with van der Waals surface area (Å²) in [5, 5.41) is 4.09. The highest BCUT2D eigenvalue weighted by Crippen LogP contribution is 2.33. The molecule has 1 heterocycles. The highest BCUT2D eigenvalue weighted by molar-refractivity contribution is 5.58. The molecule has 0 spiro atoms. The van der Waals surface area contributed by atoms with Gasteiger partial charge in [0.25, 0.3) is 0 Å². The summed E-state index contributed by atoms with van der Waals surface area (Å²) in [6, 6.07) is 8.35. The van der Waals surface area contributed by atoms with Gasteiger partial charge in [-0.15, -0.1) is 0 Å². The van der Waals surface area contributed by atoms with Gasteiger partial charge in [-0.3, -0.25) is 0 Å². The lowest BCUT2D eigenvalue weighted by Crippen LogP contribution is -2.14. The van der Waals surface area contributed by atoms with Gasteiger partial charge in [-0.1, -0.05) is 29.4 Å². The quantitative estimate of drug-likeness (QED) is 0.880. The van der Waals surface area contributed by atoms with E-state index in [1.165, 1.54) is 0 Å². The van der Waals surface area contributed by atoms with Crippen molar-refractivity contribution in [1.29, 1.82) is 0 Å². The Morgan fingerprint density at radius 3 is 2.83 bits per heavy atom. The van der Waals surface area contributed by atoms with Crippen molar-refractivity contribution in [1.82, 2.24) is 10.1 Å². The molecule has 4 heteroatoms. The molecule has 1 aliphatic rings. The Bertz CT molecular complexity index is 549. The predicted molar refractivity (Wildman–Crippen MR) is 69.0 cm³/mol. The first-order valence-electron chi connectivity index (χ1n) is 6.39. The minimum absolute atomic E-state index is 0.281. The molecule has 2 N–H and O–H groups in total. The van der Waals surface area contributed by atoms with Crippen molar-refractivity contribution in [3.8, 4) is 11.4 Å². The zero-order valence-electron chi connectivity index (χ0n) is 10.5. The van der Waals surface area contributed by atoms with Crippen LogP contribution in [-0.2, 0) is 0 Å². The summed E-state index contributed by atoms with van der Waals surface area (Å²) in [5.74, 6) is 1.76. The molecule has 3 rings (SSSR count). The van der Waals surface area contributed by atoms with Gasteiger partial charge in [-0.2, -0.15) is 4.98 Å². The predicted octanol–water partition coefficient (Wildman–Crippen LogP) is 2.64. The van der Waals surface area contributed by atoms with Crippen molar-refractivity contribution < 1.29 is 4.52 Å². The number of hydrogen-bond donors (Lipinski definition) is 1. The van der Waals surface area contributed by atoms with E-state index in [2.05, 4.69) is 23.1 Å². The summed E-state index contributed by atoms with van der Waals surface area (Å²) < 4.78 is 5.39. The van der Waals surface area contributed by atoms with E-state index in [1.54, 1.807) is 0 Å². The van der Waals surface area contributed by atoms with Gasteiger partial charge in [0.15, 0.2) is 0 Å². The number of benzene rings is 1. The summed E-state index contributed by atoms with van der Waals surface area (Å²) >= 11 is 0. The lowest BCUT2D eigenvalue weighted by molar-refractivity contribution is 0.353. The zero-order valence-corrected chi connectivity index (χ0v) is 10.5. The molecule has 1 saturated carbocycles. The fourth-order valence-electron chi connectivity index (χ4n) is 2.57. The molecule has 0 amide bonds. The number of aryl methyl sites for hydroxylation is 1. The van der Waals surface area contributed by atoms with Gasteiger partial charge in [0.1, 0.15) is 0 Å². The Labute approximate surface area is 106 Å². The molecular formula is C14H17N3O. The van der Waals surface area contributed by atoms with E-state index in [9.17, 15) is 0 Å². The van der Waals surface area contributed by atoms with Gasteiger partial charge in [-0.25, -0.2) is 0 Å². The molecule has 0 bridgehead atoms. The molecule has 0 unspecified atom stereocenters. The maximum atomic E-state index is 5.91. The Hall–Kier alpha value is -1.68. The second-order valence-electron chi connectivity index (χ2n) is 5.04. The molecule has 18 heavy (non-hydrogen) atoms. The van der Waals surface area contributed by atoms with Crippen molar-refractivity contribution in [2.24, 2.45) is 5.73 Å². The van der Waals surface area contributed by atoms with Crippen molar-refractivity contribution in [3.63, 3.8) is 0 Å². The van der Waals surface area contributed by atoms with Crippen molar-refractivity contribution >= 4 is 0 Å². The molecule has 1 aliphatic carbocycles. The highest BCUT2D eigenvalue weighted by Gasteiger charge is 2.28. The molecule has 0 aliphatic heterocycles. The van der Waals surface area contributed by atoms with Crippen LogP contribution < -0.4 is 5.73 Å². The summed E-state index contributed by atoms with van der Waals surface area (Å²) in [6.07, 6.45) is 3.05. The van der Waals surface area contributed by atoms with E-state index in [-0.39, 0.29) is 6.04 Å². The molecule has 0 saturated heterocycles. The normalized spacial score (nSPS) is 23.4. The van der Waals surface area contributed by atoms with E-state index >= 15 is 0 Å². The highest BCUT2D eigenvalue weighted by atomic mass is 16.5. The molecule has 0 radical (unpaired) electrons. The summed E-state index contributed by atoms with van der Waals surface area (Å²) in [7, 11) is 0. The Morgan fingerprint density at radius 2 is 2.11 bits per heavy atom. The van der Waals surface area contributed by atoms with Crippen LogP contribution in [0.1, 0.15) is 36.6 Å². The fraction of sp³-hybridized carbons (Fsp3) is 0.429. The van der Waals surface area contributed by atoms with E-state index in [1.807, 2.05) is 18.2 Å². The molecule has 1 fully saturated rings. The maximum absolute atomic E-state index is 5.91. The summed E-state index contributed by atoms with van der Waals surface area (Å²) in [4.78, 5) is 4.52. The van der Waals surface area contributed by atoms with Crippen molar-refractivity contribution in [3.05, 3.63) is 35.7 Å². The summed E-state index contributed by atoms with van der Waals surface area (Å²) in [6.45, 7) is 2.05. The first kappa shape index (κ1) is 11.4. The molecule has 1 aromatic carbocycles. The minimum Gasteiger partial charge on any atom is -0.339 e. The number of nitrogens with two attached hydrogens (primary N) is 1. The first-order valence-corrected chi connectivity index (χ1v) is 6.39. The van der Waals surface area contributed by atoms with Crippen LogP contribution >= 0.6 is 0 Å². The Kier molecular flexibility index (Phi) is 2.88. The zero-order chi connectivity index (χ0) is 12.5. The topological polar surface area (TPSA) is 64.9 Å². The monoisotopic (exact) mass is 243 g/mol. The SMILES string of the molecule is Cc1ccccc1-c1noc([C@@H]2CC[C@H](N)C2)n1. The van der Waals surface area contributed by atoms with Crippen LogP contribution in [0.2, 0.25) is 0 Å². The van der Waals surface area contributed by atoms with Gasteiger partial charge in [0.2, 0.25) is 11.7 Å². The van der Waals surface area contributed by atoms with Gasteiger partial charge in [0, 0.05) is 17.5 Å². The number of aromatic nitrogens is 2. The lowest BCUT2D eigenvalue weighted by atomic mass is 10.1. The minimum atomic E-state index is 0.281. The molecular weight excluding hydrogens is 226 g/mol. The third-order valence-corrected chi connectivity index (χ3v) is 3.65. The average Bonchev–Trinajstić information content (AvgIpc) is 2.98. The van der Waals surface area contributed by atoms with Crippen molar-refractivity contribution in [2.45, 2.75) is 38.1 Å². The van der Waals surface area contributed by atoms with Gasteiger partial charge >= 0.3 is 0 Å². The first-order chi connectivity index (χ1) is 8.74. The number of rotatable bonds is 2. The standard InChI is InChI=1S/C14H17N3O/c1-9-4-2-3-5-12(9)13-16-14(18-17-13)10-6-7-11(15)8-10/h2-5,10-11H,6-8,15H2,1H3/t10-,11+/m1/s1. The molecule has 2 atom stereocenters. The molecule has 2 aromatic rings. The van der Waals surface area contributed by atoms with Crippen molar-refractivity contribution in [2.75, 3.05) is 0 Å². The Balaban J connectivity index is 1.88. The van der Waals surface area contributed by atoms with Gasteiger partial charge in [-0.05, 0) is 31.7 Å². The molecule has 1 aromatic heterocycles. The van der Waals surface area contributed by atoms with Crippen LogP contribution in [-0.4, -0.2) is 16.2 Å². The Morgan fingerprint density at radius 1 is 1.28 bits per heavy atom. The van der Waals surface area contributed by atoms with Crippen LogP contribution in [0.3, 0.4) is 0 Å². The van der Waals surface area contributed by atoms with Gasteiger partial charge in [0.05, 0.1) is 0 Å². The van der Waals surface area contributed by atoms with Crippen LogP contribution in [0.4, 0.5) is 0 Å². The summed E-state index contributed by atoms with van der Waals surface area (Å²) in [5.41, 5.74) is 8.11. The van der Waals surface area contributed by atoms with E-state index in [0.717, 1.165) is 36.3 Å². The van der Waals surface area contributed by atoms with Crippen LogP contribution in [0.15, 0.2) is 28.8 Å². The van der Waals surface area contributed by atoms with Crippen LogP contribution in [0, 0.1) is 6.92 Å². The third-order valence-electron chi connectivity index (χ3n) is 3.65. The number of nitrogens with zero attached hydrogens (tertiary/aromatic N) is 2. The third kappa shape index (κ3) is 2.04. The largest absolute Gasteiger partial charge is 0.339 e. The second kappa shape index (κ2) is 4.53. The van der Waals surface area contributed by atoms with Crippen LogP contribution in [0.5, 0.6) is 0 Å². The second-order valence-corrected chi connectivity index (χ2v) is 5.04. The van der Waals surface area contributed by atoms with E-state index < -0.39 is 0 Å². The average molecular weight is 243 g/mol. The lowest BCUT2D eigenvalue weighted by Gasteiger charge is -2.01.